The van der Waals surface area contributed by atoms with Crippen molar-refractivity contribution in [1.82, 2.24) is 9.78 Å². The Labute approximate surface area is 140 Å². The van der Waals surface area contributed by atoms with E-state index in [-0.39, 0.29) is 11.6 Å². The van der Waals surface area contributed by atoms with Crippen LogP contribution in [0.4, 0.5) is 5.69 Å². The molecule has 5 nitrogen and oxygen atoms in total. The van der Waals surface area contributed by atoms with Gasteiger partial charge in [0.25, 0.3) is 5.56 Å². The Morgan fingerprint density at radius 1 is 1.57 bits per heavy atom. The molecule has 2 heterocycles. The maximum absolute atomic E-state index is 12.2. The standard InChI is InChI=1S/C13H15BrClN3O2S/c1-8(10-3-4-11(15)21-10)17-9-7-16-18(5-6-20-2)13(19)12(9)14/h3-4,7-8,17H,5-6H2,1-2H3. The van der Waals surface area contributed by atoms with E-state index in [0.29, 0.717) is 23.3 Å². The number of anilines is 1. The molecule has 0 fully saturated rings. The quantitative estimate of drug-likeness (QED) is 0.817. The molecule has 0 amide bonds. The number of nitrogens with one attached hydrogen (secondary N) is 1. The van der Waals surface area contributed by atoms with Crippen LogP contribution in [0.25, 0.3) is 0 Å². The molecule has 2 aromatic heterocycles. The van der Waals surface area contributed by atoms with Gasteiger partial charge in [-0.1, -0.05) is 11.6 Å². The Morgan fingerprint density at radius 2 is 2.33 bits per heavy atom. The summed E-state index contributed by atoms with van der Waals surface area (Å²) in [5, 5.41) is 7.40. The molecule has 8 heteroatoms. The second-order valence-electron chi connectivity index (χ2n) is 4.40. The van der Waals surface area contributed by atoms with Gasteiger partial charge in [0.2, 0.25) is 0 Å². The minimum absolute atomic E-state index is 0.0369. The molecule has 0 radical (unpaired) electrons. The highest BCUT2D eigenvalue weighted by molar-refractivity contribution is 9.10. The van der Waals surface area contributed by atoms with Gasteiger partial charge in [-0.25, -0.2) is 4.68 Å². The molecule has 2 aromatic rings. The fourth-order valence-electron chi connectivity index (χ4n) is 1.77. The average molecular weight is 393 g/mol. The SMILES string of the molecule is COCCn1ncc(NC(C)c2ccc(Cl)s2)c(Br)c1=O. The lowest BCUT2D eigenvalue weighted by molar-refractivity contribution is 0.181. The largest absolute Gasteiger partial charge is 0.383 e. The number of halogens is 2. The monoisotopic (exact) mass is 391 g/mol. The molecule has 0 saturated heterocycles. The van der Waals surface area contributed by atoms with Crippen molar-refractivity contribution < 1.29 is 4.74 Å². The summed E-state index contributed by atoms with van der Waals surface area (Å²) in [6.45, 7) is 2.87. The molecule has 0 aromatic carbocycles. The van der Waals surface area contributed by atoms with Crippen LogP contribution in [0.1, 0.15) is 17.8 Å². The lowest BCUT2D eigenvalue weighted by Gasteiger charge is -2.15. The van der Waals surface area contributed by atoms with Crippen LogP contribution in [0.2, 0.25) is 4.34 Å². The van der Waals surface area contributed by atoms with Gasteiger partial charge in [0.15, 0.2) is 0 Å². The first-order chi connectivity index (χ1) is 10.0. The van der Waals surface area contributed by atoms with Crippen molar-refractivity contribution in [2.75, 3.05) is 19.0 Å². The molecule has 2 rings (SSSR count). The number of rotatable bonds is 6. The summed E-state index contributed by atoms with van der Waals surface area (Å²) in [6, 6.07) is 3.86. The van der Waals surface area contributed by atoms with E-state index in [1.807, 2.05) is 19.1 Å². The first kappa shape index (κ1) is 16.5. The van der Waals surface area contributed by atoms with E-state index in [0.717, 1.165) is 9.21 Å². The van der Waals surface area contributed by atoms with Crippen molar-refractivity contribution >= 4 is 44.6 Å². The molecular formula is C13H15BrClN3O2S. The summed E-state index contributed by atoms with van der Waals surface area (Å²) in [4.78, 5) is 13.3. The average Bonchev–Trinajstić information content (AvgIpc) is 2.90. The fraction of sp³-hybridized carbons (Fsp3) is 0.385. The van der Waals surface area contributed by atoms with Gasteiger partial charge in [0, 0.05) is 12.0 Å². The Kier molecular flexibility index (Phi) is 5.80. The molecule has 0 aliphatic heterocycles. The van der Waals surface area contributed by atoms with Gasteiger partial charge in [-0.15, -0.1) is 11.3 Å². The van der Waals surface area contributed by atoms with E-state index in [1.165, 1.54) is 16.0 Å². The molecule has 0 aliphatic rings. The Balaban J connectivity index is 2.17. The number of nitrogens with zero attached hydrogens (tertiary/aromatic N) is 2. The summed E-state index contributed by atoms with van der Waals surface area (Å²) in [5.41, 5.74) is 0.471. The van der Waals surface area contributed by atoms with E-state index < -0.39 is 0 Å². The van der Waals surface area contributed by atoms with Crippen molar-refractivity contribution in [1.29, 1.82) is 0 Å². The lowest BCUT2D eigenvalue weighted by Crippen LogP contribution is -2.26. The molecule has 1 N–H and O–H groups in total. The molecule has 0 bridgehead atoms. The van der Waals surface area contributed by atoms with Crippen LogP contribution in [0.15, 0.2) is 27.6 Å². The second-order valence-corrected chi connectivity index (χ2v) is 6.94. The van der Waals surface area contributed by atoms with Gasteiger partial charge in [-0.3, -0.25) is 4.79 Å². The van der Waals surface area contributed by atoms with E-state index >= 15 is 0 Å². The van der Waals surface area contributed by atoms with Crippen molar-refractivity contribution in [3.63, 3.8) is 0 Å². The molecule has 0 saturated carbocycles. The summed E-state index contributed by atoms with van der Waals surface area (Å²) in [6.07, 6.45) is 1.63. The first-order valence-corrected chi connectivity index (χ1v) is 8.28. The van der Waals surface area contributed by atoms with Crippen LogP contribution in [0.3, 0.4) is 0 Å². The highest BCUT2D eigenvalue weighted by atomic mass is 79.9. The maximum atomic E-state index is 12.2. The topological polar surface area (TPSA) is 56.1 Å². The minimum Gasteiger partial charge on any atom is -0.383 e. The molecule has 0 spiro atoms. The minimum atomic E-state index is -0.187. The van der Waals surface area contributed by atoms with Crippen molar-refractivity contribution in [3.05, 3.63) is 42.4 Å². The van der Waals surface area contributed by atoms with E-state index in [1.54, 1.807) is 13.3 Å². The molecule has 114 valence electrons. The molecular weight excluding hydrogens is 378 g/mol. The van der Waals surface area contributed by atoms with Crippen LogP contribution in [-0.2, 0) is 11.3 Å². The summed E-state index contributed by atoms with van der Waals surface area (Å²) < 4.78 is 7.52. The van der Waals surface area contributed by atoms with Gasteiger partial charge in [-0.05, 0) is 35.0 Å². The second kappa shape index (κ2) is 7.40. The Hall–Kier alpha value is -0.890. The summed E-state index contributed by atoms with van der Waals surface area (Å²) in [7, 11) is 1.59. The van der Waals surface area contributed by atoms with Gasteiger partial charge >= 0.3 is 0 Å². The number of aromatic nitrogens is 2. The third-order valence-corrected chi connectivity index (χ3v) is 5.07. The van der Waals surface area contributed by atoms with Crippen LogP contribution >= 0.6 is 38.9 Å². The molecule has 21 heavy (non-hydrogen) atoms. The normalized spacial score (nSPS) is 12.4. The highest BCUT2D eigenvalue weighted by Crippen LogP contribution is 2.30. The Morgan fingerprint density at radius 3 is 2.95 bits per heavy atom. The number of methoxy groups -OCH3 is 1. The van der Waals surface area contributed by atoms with Crippen molar-refractivity contribution in [3.8, 4) is 0 Å². The van der Waals surface area contributed by atoms with Gasteiger partial charge < -0.3 is 10.1 Å². The fourth-order valence-corrected chi connectivity index (χ4v) is 3.25. The molecule has 0 aliphatic carbocycles. The third-order valence-electron chi connectivity index (χ3n) is 2.88. The van der Waals surface area contributed by atoms with Crippen LogP contribution in [0.5, 0.6) is 0 Å². The molecule has 1 atom stereocenters. The van der Waals surface area contributed by atoms with Crippen molar-refractivity contribution in [2.45, 2.75) is 19.5 Å². The van der Waals surface area contributed by atoms with Gasteiger partial charge in [0.1, 0.15) is 4.47 Å². The lowest BCUT2D eigenvalue weighted by atomic mass is 10.2. The number of thiophene rings is 1. The van der Waals surface area contributed by atoms with E-state index in [4.69, 9.17) is 16.3 Å². The zero-order chi connectivity index (χ0) is 15.4. The first-order valence-electron chi connectivity index (χ1n) is 6.29. The Bertz CT molecular complexity index is 674. The number of hydrogen-bond acceptors (Lipinski definition) is 5. The third kappa shape index (κ3) is 4.06. The highest BCUT2D eigenvalue weighted by Gasteiger charge is 2.13. The van der Waals surface area contributed by atoms with E-state index in [2.05, 4.69) is 26.3 Å². The smallest absolute Gasteiger partial charge is 0.283 e. The van der Waals surface area contributed by atoms with Crippen LogP contribution in [-0.4, -0.2) is 23.5 Å². The number of hydrogen-bond donors (Lipinski definition) is 1. The van der Waals surface area contributed by atoms with Gasteiger partial charge in [0.05, 0.1) is 35.4 Å². The van der Waals surface area contributed by atoms with E-state index in [9.17, 15) is 4.79 Å². The predicted octanol–water partition coefficient (Wildman–Crippen LogP) is 3.54. The van der Waals surface area contributed by atoms with Crippen LogP contribution in [0, 0.1) is 0 Å². The number of ether oxygens (including phenoxy) is 1. The maximum Gasteiger partial charge on any atom is 0.283 e. The predicted molar refractivity (Wildman–Crippen MR) is 89.4 cm³/mol. The summed E-state index contributed by atoms with van der Waals surface area (Å²) in [5.74, 6) is 0. The van der Waals surface area contributed by atoms with Gasteiger partial charge in [-0.2, -0.15) is 5.10 Å². The van der Waals surface area contributed by atoms with Crippen LogP contribution < -0.4 is 10.9 Å². The molecule has 1 unspecified atom stereocenters. The van der Waals surface area contributed by atoms with Crippen molar-refractivity contribution in [2.24, 2.45) is 0 Å². The zero-order valence-corrected chi connectivity index (χ0v) is 14.8. The summed E-state index contributed by atoms with van der Waals surface area (Å²) >= 11 is 10.8. The zero-order valence-electron chi connectivity index (χ0n) is 11.6.